The van der Waals surface area contributed by atoms with Gasteiger partial charge in [-0.3, -0.25) is 4.79 Å². The summed E-state index contributed by atoms with van der Waals surface area (Å²) in [7, 11) is 3.68. The first kappa shape index (κ1) is 19.9. The van der Waals surface area contributed by atoms with Crippen LogP contribution < -0.4 is 19.7 Å². The average molecular weight is 385 g/mol. The van der Waals surface area contributed by atoms with Gasteiger partial charge in [-0.15, -0.1) is 0 Å². The Kier molecular flexibility index (Phi) is 6.30. The molecule has 1 amide bonds. The van der Waals surface area contributed by atoms with E-state index in [4.69, 9.17) is 9.47 Å². The summed E-state index contributed by atoms with van der Waals surface area (Å²) in [6.07, 6.45) is 0.760. The third-order valence-electron chi connectivity index (χ3n) is 4.72. The van der Waals surface area contributed by atoms with E-state index in [1.807, 2.05) is 19.1 Å². The van der Waals surface area contributed by atoms with Gasteiger partial charge in [0, 0.05) is 32.2 Å². The summed E-state index contributed by atoms with van der Waals surface area (Å²) in [5, 5.41) is 2.81. The van der Waals surface area contributed by atoms with Crippen molar-refractivity contribution in [3.8, 4) is 11.5 Å². The minimum absolute atomic E-state index is 0.286. The van der Waals surface area contributed by atoms with Crippen LogP contribution in [-0.2, 0) is 4.79 Å². The summed E-state index contributed by atoms with van der Waals surface area (Å²) in [6.45, 7) is 7.41. The number of hydrogen-bond donors (Lipinski definition) is 1. The van der Waals surface area contributed by atoms with Crippen LogP contribution in [0.1, 0.15) is 12.5 Å². The van der Waals surface area contributed by atoms with Crippen LogP contribution in [0.25, 0.3) is 0 Å². The highest BCUT2D eigenvalue weighted by Crippen LogP contribution is 2.28. The highest BCUT2D eigenvalue weighted by Gasteiger charge is 2.19. The number of rotatable bonds is 6. The molecule has 0 radical (unpaired) electrons. The fourth-order valence-electron chi connectivity index (χ4n) is 2.97. The van der Waals surface area contributed by atoms with Gasteiger partial charge in [-0.25, -0.2) is 9.97 Å². The molecule has 28 heavy (non-hydrogen) atoms. The van der Waals surface area contributed by atoms with Crippen molar-refractivity contribution < 1.29 is 14.3 Å². The number of carbonyl (C=O) groups is 1. The summed E-state index contributed by atoms with van der Waals surface area (Å²) in [5.74, 6) is 2.11. The second-order valence-electron chi connectivity index (χ2n) is 6.96. The van der Waals surface area contributed by atoms with Crippen molar-refractivity contribution in [3.05, 3.63) is 36.2 Å². The van der Waals surface area contributed by atoms with E-state index in [-0.39, 0.29) is 5.91 Å². The molecule has 150 valence electrons. The Labute approximate surface area is 165 Å². The van der Waals surface area contributed by atoms with Crippen molar-refractivity contribution in [3.63, 3.8) is 0 Å². The zero-order valence-corrected chi connectivity index (χ0v) is 16.8. The van der Waals surface area contributed by atoms with Gasteiger partial charge in [0.05, 0.1) is 7.11 Å². The van der Waals surface area contributed by atoms with Gasteiger partial charge in [0.1, 0.15) is 18.0 Å². The number of nitrogens with zero attached hydrogens (tertiary/aromatic N) is 4. The maximum absolute atomic E-state index is 12.6. The minimum Gasteiger partial charge on any atom is -0.493 e. The van der Waals surface area contributed by atoms with E-state index in [1.54, 1.807) is 26.2 Å². The second kappa shape index (κ2) is 8.88. The fourth-order valence-corrected chi connectivity index (χ4v) is 2.97. The molecule has 1 atom stereocenters. The number of hydrogen-bond acceptors (Lipinski definition) is 7. The van der Waals surface area contributed by atoms with Crippen LogP contribution in [0.5, 0.6) is 11.5 Å². The number of benzene rings is 1. The Morgan fingerprint density at radius 3 is 2.61 bits per heavy atom. The zero-order valence-electron chi connectivity index (χ0n) is 16.8. The summed E-state index contributed by atoms with van der Waals surface area (Å²) in [6, 6.07) is 7.37. The van der Waals surface area contributed by atoms with Crippen molar-refractivity contribution in [2.45, 2.75) is 20.0 Å². The molecular formula is C20H27N5O3. The van der Waals surface area contributed by atoms with Crippen LogP contribution >= 0.6 is 0 Å². The van der Waals surface area contributed by atoms with Crippen molar-refractivity contribution >= 4 is 17.5 Å². The molecule has 0 spiro atoms. The number of aryl methyl sites for hydroxylation is 1. The molecule has 0 aliphatic carbocycles. The van der Waals surface area contributed by atoms with E-state index >= 15 is 0 Å². The van der Waals surface area contributed by atoms with Crippen LogP contribution in [0, 0.1) is 6.92 Å². The number of nitrogens with one attached hydrogen (secondary N) is 1. The van der Waals surface area contributed by atoms with E-state index in [2.05, 4.69) is 32.1 Å². The lowest BCUT2D eigenvalue weighted by Crippen LogP contribution is -2.44. The lowest BCUT2D eigenvalue weighted by Gasteiger charge is -2.33. The number of likely N-dealkylation sites (N-methyl/N-ethyl adjacent to an activating group) is 1. The van der Waals surface area contributed by atoms with Crippen molar-refractivity contribution in [1.82, 2.24) is 14.9 Å². The van der Waals surface area contributed by atoms with Gasteiger partial charge in [0.15, 0.2) is 17.6 Å². The largest absolute Gasteiger partial charge is 0.493 e. The monoisotopic (exact) mass is 385 g/mol. The predicted molar refractivity (Wildman–Crippen MR) is 108 cm³/mol. The molecule has 1 fully saturated rings. The van der Waals surface area contributed by atoms with Crippen LogP contribution in [0.3, 0.4) is 0 Å². The average Bonchev–Trinajstić information content (AvgIpc) is 2.70. The lowest BCUT2D eigenvalue weighted by molar-refractivity contribution is -0.122. The molecule has 0 saturated carbocycles. The van der Waals surface area contributed by atoms with Crippen molar-refractivity contribution in [1.29, 1.82) is 0 Å². The van der Waals surface area contributed by atoms with Gasteiger partial charge in [-0.2, -0.15) is 0 Å². The SMILES string of the molecule is COc1cc(C)ccc1O[C@@H](C)C(=O)Nc1cc(N2CCN(C)CC2)ncn1. The minimum atomic E-state index is -0.710. The van der Waals surface area contributed by atoms with Gasteiger partial charge in [0.25, 0.3) is 5.91 Å². The quantitative estimate of drug-likeness (QED) is 0.814. The molecule has 1 N–H and O–H groups in total. The molecule has 8 heteroatoms. The topological polar surface area (TPSA) is 79.8 Å². The standard InChI is InChI=1S/C20H27N5O3/c1-14-5-6-16(17(11-14)27-4)28-15(2)20(26)23-18-12-19(22-13-21-18)25-9-7-24(3)8-10-25/h5-6,11-13,15H,7-10H2,1-4H3,(H,21,22,23,26)/t15-/m0/s1. The van der Waals surface area contributed by atoms with E-state index < -0.39 is 6.10 Å². The van der Waals surface area contributed by atoms with E-state index in [0.29, 0.717) is 17.3 Å². The number of piperazine rings is 1. The molecule has 1 aliphatic rings. The van der Waals surface area contributed by atoms with Crippen LogP contribution in [0.4, 0.5) is 11.6 Å². The number of ether oxygens (including phenoxy) is 2. The zero-order chi connectivity index (χ0) is 20.1. The molecule has 0 unspecified atom stereocenters. The Morgan fingerprint density at radius 2 is 1.89 bits per heavy atom. The molecule has 2 heterocycles. The smallest absolute Gasteiger partial charge is 0.266 e. The van der Waals surface area contributed by atoms with Crippen molar-refractivity contribution in [2.24, 2.45) is 0 Å². The number of amides is 1. The first-order valence-corrected chi connectivity index (χ1v) is 9.34. The molecule has 1 aromatic heterocycles. The maximum atomic E-state index is 12.6. The van der Waals surface area contributed by atoms with Crippen LogP contribution in [-0.4, -0.2) is 67.2 Å². The highest BCUT2D eigenvalue weighted by molar-refractivity contribution is 5.93. The molecule has 1 aromatic carbocycles. The first-order valence-electron chi connectivity index (χ1n) is 9.34. The van der Waals surface area contributed by atoms with Gasteiger partial charge >= 0.3 is 0 Å². The Balaban J connectivity index is 1.63. The normalized spacial score (nSPS) is 15.8. The highest BCUT2D eigenvalue weighted by atomic mass is 16.5. The Morgan fingerprint density at radius 1 is 1.14 bits per heavy atom. The number of anilines is 2. The van der Waals surface area contributed by atoms with Gasteiger partial charge in [-0.05, 0) is 38.6 Å². The summed E-state index contributed by atoms with van der Waals surface area (Å²) in [4.78, 5) is 25.5. The predicted octanol–water partition coefficient (Wildman–Crippen LogP) is 1.95. The lowest BCUT2D eigenvalue weighted by atomic mass is 10.2. The number of aromatic nitrogens is 2. The molecule has 1 aliphatic heterocycles. The summed E-state index contributed by atoms with van der Waals surface area (Å²) < 4.78 is 11.1. The van der Waals surface area contributed by atoms with Crippen LogP contribution in [0.15, 0.2) is 30.6 Å². The summed E-state index contributed by atoms with van der Waals surface area (Å²) >= 11 is 0. The van der Waals surface area contributed by atoms with E-state index in [9.17, 15) is 4.79 Å². The third kappa shape index (κ3) is 4.89. The molecule has 3 rings (SSSR count). The van der Waals surface area contributed by atoms with Crippen molar-refractivity contribution in [2.75, 3.05) is 50.6 Å². The molecule has 2 aromatic rings. The van der Waals surface area contributed by atoms with Gasteiger partial charge in [-0.1, -0.05) is 6.07 Å². The summed E-state index contributed by atoms with van der Waals surface area (Å²) in [5.41, 5.74) is 1.05. The molecule has 1 saturated heterocycles. The van der Waals surface area contributed by atoms with Crippen LogP contribution in [0.2, 0.25) is 0 Å². The number of methoxy groups -OCH3 is 1. The maximum Gasteiger partial charge on any atom is 0.266 e. The van der Waals surface area contributed by atoms with E-state index in [0.717, 1.165) is 37.6 Å². The first-order chi connectivity index (χ1) is 13.5. The fraction of sp³-hybridized carbons (Fsp3) is 0.450. The molecular weight excluding hydrogens is 358 g/mol. The molecule has 0 bridgehead atoms. The van der Waals surface area contributed by atoms with Gasteiger partial charge < -0.3 is 24.6 Å². The Hall–Kier alpha value is -2.87. The Bertz CT molecular complexity index is 821. The third-order valence-corrected chi connectivity index (χ3v) is 4.72. The molecule has 8 nitrogen and oxygen atoms in total. The van der Waals surface area contributed by atoms with E-state index in [1.165, 1.54) is 6.33 Å². The number of carbonyl (C=O) groups excluding carboxylic acids is 1. The van der Waals surface area contributed by atoms with Gasteiger partial charge in [0.2, 0.25) is 0 Å². The second-order valence-corrected chi connectivity index (χ2v) is 6.96.